The summed E-state index contributed by atoms with van der Waals surface area (Å²) in [4.78, 5) is 24.3. The first-order valence-corrected chi connectivity index (χ1v) is 7.56. The van der Waals surface area contributed by atoms with E-state index in [0.717, 1.165) is 0 Å². The fraction of sp³-hybridized carbons (Fsp3) is 0.444. The molecule has 1 aromatic heterocycles. The van der Waals surface area contributed by atoms with Gasteiger partial charge in [-0.3, -0.25) is 4.79 Å². The van der Waals surface area contributed by atoms with Gasteiger partial charge in [-0.05, 0) is 59.7 Å². The van der Waals surface area contributed by atoms with Crippen LogP contribution >= 0.6 is 0 Å². The van der Waals surface area contributed by atoms with Gasteiger partial charge in [0.25, 0.3) is 0 Å². The van der Waals surface area contributed by atoms with Crippen LogP contribution in [0.2, 0.25) is 0 Å². The zero-order chi connectivity index (χ0) is 17.4. The highest BCUT2D eigenvalue weighted by atomic mass is 16.5. The maximum Gasteiger partial charge on any atom is 0.342 e. The smallest absolute Gasteiger partial charge is 0.342 e. The maximum atomic E-state index is 12.3. The van der Waals surface area contributed by atoms with Crippen molar-refractivity contribution in [3.8, 4) is 5.75 Å². The minimum Gasteiger partial charge on any atom is -0.460 e. The predicted octanol–water partition coefficient (Wildman–Crippen LogP) is 4.26. The van der Waals surface area contributed by atoms with E-state index in [1.165, 1.54) is 0 Å². The highest BCUT2D eigenvalue weighted by Crippen LogP contribution is 2.30. The molecule has 0 atom stereocenters. The van der Waals surface area contributed by atoms with Crippen molar-refractivity contribution in [2.75, 3.05) is 0 Å². The summed E-state index contributed by atoms with van der Waals surface area (Å²) >= 11 is 0. The van der Waals surface area contributed by atoms with Crippen molar-refractivity contribution in [2.24, 2.45) is 5.41 Å². The summed E-state index contributed by atoms with van der Waals surface area (Å²) in [5.74, 6) is 0.0562. The SMILES string of the molecule is Cc1oc2ccc(OC(=O)C(C)(C)C)cc2c1C(=O)OC(C)C. The molecule has 2 aromatic rings. The van der Waals surface area contributed by atoms with Crippen LogP contribution in [0.1, 0.15) is 50.7 Å². The topological polar surface area (TPSA) is 65.7 Å². The van der Waals surface area contributed by atoms with Gasteiger partial charge in [0.05, 0.1) is 11.5 Å². The molecule has 124 valence electrons. The number of fused-ring (bicyclic) bond motifs is 1. The molecule has 0 spiro atoms. The molecule has 0 aliphatic heterocycles. The summed E-state index contributed by atoms with van der Waals surface area (Å²) in [5, 5.41) is 0.576. The lowest BCUT2D eigenvalue weighted by Gasteiger charge is -2.16. The van der Waals surface area contributed by atoms with Gasteiger partial charge in [0.15, 0.2) is 0 Å². The van der Waals surface area contributed by atoms with E-state index in [1.54, 1.807) is 59.7 Å². The molecular weight excluding hydrogens is 296 g/mol. The zero-order valence-corrected chi connectivity index (χ0v) is 14.4. The molecule has 0 unspecified atom stereocenters. The molecule has 0 aliphatic rings. The molecule has 0 N–H and O–H groups in total. The fourth-order valence-corrected chi connectivity index (χ4v) is 2.05. The molecule has 5 nitrogen and oxygen atoms in total. The third kappa shape index (κ3) is 3.73. The van der Waals surface area contributed by atoms with Crippen molar-refractivity contribution in [1.82, 2.24) is 0 Å². The highest BCUT2D eigenvalue weighted by molar-refractivity contribution is 6.05. The van der Waals surface area contributed by atoms with Crippen LogP contribution in [0.25, 0.3) is 11.0 Å². The van der Waals surface area contributed by atoms with Crippen LogP contribution in [0, 0.1) is 12.3 Å². The first-order chi connectivity index (χ1) is 10.6. The molecule has 0 bridgehead atoms. The quantitative estimate of drug-likeness (QED) is 0.625. The molecule has 2 rings (SSSR count). The van der Waals surface area contributed by atoms with Gasteiger partial charge in [-0.15, -0.1) is 0 Å². The molecule has 1 aromatic carbocycles. The van der Waals surface area contributed by atoms with Gasteiger partial charge in [0.1, 0.15) is 22.7 Å². The molecule has 23 heavy (non-hydrogen) atoms. The fourth-order valence-electron chi connectivity index (χ4n) is 2.05. The summed E-state index contributed by atoms with van der Waals surface area (Å²) in [6.45, 7) is 10.6. The van der Waals surface area contributed by atoms with Crippen LogP contribution in [0.3, 0.4) is 0 Å². The molecular formula is C18H22O5. The number of furan rings is 1. The van der Waals surface area contributed by atoms with Crippen molar-refractivity contribution in [1.29, 1.82) is 0 Å². The Kier molecular flexibility index (Phi) is 4.50. The van der Waals surface area contributed by atoms with Gasteiger partial charge in [-0.1, -0.05) is 0 Å². The molecule has 0 radical (unpaired) electrons. The highest BCUT2D eigenvalue weighted by Gasteiger charge is 2.25. The number of esters is 2. The van der Waals surface area contributed by atoms with Gasteiger partial charge >= 0.3 is 11.9 Å². The Balaban J connectivity index is 2.42. The van der Waals surface area contributed by atoms with Gasteiger partial charge < -0.3 is 13.9 Å². The minimum atomic E-state index is -0.610. The number of aryl methyl sites for hydroxylation is 1. The Hall–Kier alpha value is -2.30. The third-order valence-electron chi connectivity index (χ3n) is 3.21. The summed E-state index contributed by atoms with van der Waals surface area (Å²) in [5.41, 5.74) is 0.303. The van der Waals surface area contributed by atoms with Crippen molar-refractivity contribution in [3.05, 3.63) is 29.5 Å². The van der Waals surface area contributed by atoms with Crippen LogP contribution in [0.4, 0.5) is 0 Å². The predicted molar refractivity (Wildman–Crippen MR) is 86.6 cm³/mol. The summed E-state index contributed by atoms with van der Waals surface area (Å²) in [6.07, 6.45) is -0.228. The number of carbonyl (C=O) groups is 2. The Labute approximate surface area is 135 Å². The lowest BCUT2D eigenvalue weighted by molar-refractivity contribution is -0.142. The lowest BCUT2D eigenvalue weighted by Crippen LogP contribution is -2.25. The van der Waals surface area contributed by atoms with Crippen molar-refractivity contribution in [3.63, 3.8) is 0 Å². The van der Waals surface area contributed by atoms with Crippen molar-refractivity contribution in [2.45, 2.75) is 47.6 Å². The summed E-state index contributed by atoms with van der Waals surface area (Å²) < 4.78 is 16.2. The van der Waals surface area contributed by atoms with E-state index in [2.05, 4.69) is 0 Å². The summed E-state index contributed by atoms with van der Waals surface area (Å²) in [7, 11) is 0. The Morgan fingerprint density at radius 1 is 1.17 bits per heavy atom. The van der Waals surface area contributed by atoms with Crippen molar-refractivity contribution >= 4 is 22.9 Å². The second-order valence-corrected chi connectivity index (χ2v) is 6.78. The number of benzene rings is 1. The molecule has 5 heteroatoms. The van der Waals surface area contributed by atoms with Gasteiger partial charge in [0.2, 0.25) is 0 Å². The minimum absolute atomic E-state index is 0.228. The monoisotopic (exact) mass is 318 g/mol. The van der Waals surface area contributed by atoms with E-state index in [1.807, 2.05) is 0 Å². The largest absolute Gasteiger partial charge is 0.460 e. The number of carbonyl (C=O) groups excluding carboxylic acids is 2. The second kappa shape index (κ2) is 6.07. The van der Waals surface area contributed by atoms with Crippen molar-refractivity contribution < 1.29 is 23.5 Å². The van der Waals surface area contributed by atoms with E-state index in [9.17, 15) is 9.59 Å². The molecule has 0 fully saturated rings. The summed E-state index contributed by atoms with van der Waals surface area (Å²) in [6, 6.07) is 4.96. The van der Waals surface area contributed by atoms with E-state index in [-0.39, 0.29) is 12.1 Å². The molecule has 0 aliphatic carbocycles. The third-order valence-corrected chi connectivity index (χ3v) is 3.21. The van der Waals surface area contributed by atoms with Crippen LogP contribution in [-0.4, -0.2) is 18.0 Å². The number of hydrogen-bond acceptors (Lipinski definition) is 5. The number of hydrogen-bond donors (Lipinski definition) is 0. The molecule has 0 saturated heterocycles. The Morgan fingerprint density at radius 3 is 2.39 bits per heavy atom. The van der Waals surface area contributed by atoms with E-state index < -0.39 is 11.4 Å². The maximum absolute atomic E-state index is 12.3. The average molecular weight is 318 g/mol. The number of rotatable bonds is 3. The normalized spacial score (nSPS) is 11.8. The van der Waals surface area contributed by atoms with Crippen LogP contribution in [0.15, 0.2) is 22.6 Å². The first kappa shape index (κ1) is 17.1. The zero-order valence-electron chi connectivity index (χ0n) is 14.4. The molecule has 0 saturated carbocycles. The van der Waals surface area contributed by atoms with Crippen LogP contribution in [-0.2, 0) is 9.53 Å². The first-order valence-electron chi connectivity index (χ1n) is 7.56. The van der Waals surface area contributed by atoms with E-state index in [0.29, 0.717) is 28.0 Å². The van der Waals surface area contributed by atoms with Crippen LogP contribution < -0.4 is 4.74 Å². The second-order valence-electron chi connectivity index (χ2n) is 6.78. The van der Waals surface area contributed by atoms with Gasteiger partial charge in [0, 0.05) is 5.39 Å². The standard InChI is InChI=1S/C18H22O5/c1-10(2)21-16(19)15-11(3)22-14-8-7-12(9-13(14)15)23-17(20)18(4,5)6/h7-10H,1-6H3. The lowest BCUT2D eigenvalue weighted by atomic mass is 9.97. The van der Waals surface area contributed by atoms with Gasteiger partial charge in [-0.2, -0.15) is 0 Å². The number of ether oxygens (including phenoxy) is 2. The Bertz CT molecular complexity index is 747. The van der Waals surface area contributed by atoms with Gasteiger partial charge in [-0.25, -0.2) is 4.79 Å². The average Bonchev–Trinajstić information content (AvgIpc) is 2.72. The van der Waals surface area contributed by atoms with E-state index in [4.69, 9.17) is 13.9 Å². The Morgan fingerprint density at radius 2 is 1.83 bits per heavy atom. The molecule has 1 heterocycles. The van der Waals surface area contributed by atoms with E-state index >= 15 is 0 Å². The van der Waals surface area contributed by atoms with Crippen LogP contribution in [0.5, 0.6) is 5.75 Å². The molecule has 0 amide bonds.